The van der Waals surface area contributed by atoms with Gasteiger partial charge < -0.3 is 0 Å². The number of rotatable bonds is 3. The van der Waals surface area contributed by atoms with Gasteiger partial charge in [-0.05, 0) is 12.1 Å². The maximum atomic E-state index is 5.90. The van der Waals surface area contributed by atoms with Gasteiger partial charge in [-0.15, -0.1) is 11.3 Å². The Morgan fingerprint density at radius 1 is 1.33 bits per heavy atom. The molecule has 0 saturated heterocycles. The molecule has 2 aromatic heterocycles. The maximum Gasteiger partial charge on any atom is 0.194 e. The topological polar surface area (TPSA) is 55.3 Å². The van der Waals surface area contributed by atoms with E-state index >= 15 is 0 Å². The van der Waals surface area contributed by atoms with Gasteiger partial charge in [-0.1, -0.05) is 23.7 Å². The van der Waals surface area contributed by atoms with Crippen LogP contribution in [0, 0.1) is 0 Å². The highest BCUT2D eigenvalue weighted by Crippen LogP contribution is 2.27. The van der Waals surface area contributed by atoms with Crippen molar-refractivity contribution in [1.82, 2.24) is 14.8 Å². The second kappa shape index (κ2) is 4.70. The van der Waals surface area contributed by atoms with E-state index in [0.717, 1.165) is 26.9 Å². The fourth-order valence-electron chi connectivity index (χ4n) is 1.94. The van der Waals surface area contributed by atoms with Crippen molar-refractivity contribution in [2.24, 2.45) is 5.84 Å². The monoisotopic (exact) mass is 278 g/mol. The molecule has 0 amide bonds. The molecule has 0 unspecified atom stereocenters. The zero-order chi connectivity index (χ0) is 12.5. The average Bonchev–Trinajstić information content (AvgIpc) is 2.93. The molecule has 0 aliphatic carbocycles. The van der Waals surface area contributed by atoms with E-state index in [1.165, 1.54) is 0 Å². The van der Waals surface area contributed by atoms with E-state index in [2.05, 4.69) is 14.8 Å². The summed E-state index contributed by atoms with van der Waals surface area (Å²) in [5.74, 6) is 5.44. The lowest BCUT2D eigenvalue weighted by Crippen LogP contribution is -2.22. The van der Waals surface area contributed by atoms with Crippen molar-refractivity contribution in [3.8, 4) is 11.3 Å². The highest BCUT2D eigenvalue weighted by molar-refractivity contribution is 7.15. The summed E-state index contributed by atoms with van der Waals surface area (Å²) in [5.41, 5.74) is 5.73. The van der Waals surface area contributed by atoms with Crippen molar-refractivity contribution in [1.29, 1.82) is 0 Å². The molecule has 6 heteroatoms. The Morgan fingerprint density at radius 3 is 2.83 bits per heavy atom. The summed E-state index contributed by atoms with van der Waals surface area (Å²) in [4.78, 5) is 5.60. The molecular weight excluding hydrogens is 268 g/mol. The molecule has 0 aliphatic rings. The molecule has 0 radical (unpaired) electrons. The van der Waals surface area contributed by atoms with Crippen molar-refractivity contribution >= 4 is 27.9 Å². The van der Waals surface area contributed by atoms with Gasteiger partial charge in [0, 0.05) is 22.2 Å². The number of halogens is 1. The lowest BCUT2D eigenvalue weighted by molar-refractivity contribution is 0.719. The minimum absolute atomic E-state index is 0.565. The predicted molar refractivity (Wildman–Crippen MR) is 74.5 cm³/mol. The van der Waals surface area contributed by atoms with Crippen molar-refractivity contribution < 1.29 is 0 Å². The third-order valence-electron chi connectivity index (χ3n) is 2.75. The summed E-state index contributed by atoms with van der Waals surface area (Å²) in [6, 6.07) is 7.66. The molecule has 3 N–H and O–H groups in total. The van der Waals surface area contributed by atoms with E-state index in [0.29, 0.717) is 6.54 Å². The standard InChI is InChI=1S/C12H11ClN4S/c13-9-3-1-8(2-4-9)11-10(7-15-14)17-5-6-18-12(17)16-11/h1-6,15H,7,14H2. The molecule has 2 heterocycles. The highest BCUT2D eigenvalue weighted by Gasteiger charge is 2.13. The van der Waals surface area contributed by atoms with E-state index in [1.54, 1.807) is 11.3 Å². The largest absolute Gasteiger partial charge is 0.293 e. The van der Waals surface area contributed by atoms with Gasteiger partial charge in [0.1, 0.15) is 0 Å². The molecule has 0 bridgehead atoms. The van der Waals surface area contributed by atoms with Gasteiger partial charge in [0.05, 0.1) is 17.9 Å². The Labute approximate surface area is 113 Å². The summed E-state index contributed by atoms with van der Waals surface area (Å²) in [7, 11) is 0. The van der Waals surface area contributed by atoms with Crippen molar-refractivity contribution in [3.63, 3.8) is 0 Å². The van der Waals surface area contributed by atoms with Crippen LogP contribution in [0.1, 0.15) is 5.69 Å². The molecule has 4 nitrogen and oxygen atoms in total. The number of benzene rings is 1. The number of hydrazine groups is 1. The van der Waals surface area contributed by atoms with Crippen LogP contribution in [0.4, 0.5) is 0 Å². The Hall–Kier alpha value is -1.40. The van der Waals surface area contributed by atoms with Gasteiger partial charge >= 0.3 is 0 Å². The number of hydrogen-bond donors (Lipinski definition) is 2. The molecule has 18 heavy (non-hydrogen) atoms. The minimum Gasteiger partial charge on any atom is -0.293 e. The zero-order valence-corrected chi connectivity index (χ0v) is 11.0. The number of hydrogen-bond acceptors (Lipinski definition) is 4. The molecule has 0 fully saturated rings. The maximum absolute atomic E-state index is 5.90. The molecular formula is C12H11ClN4S. The van der Waals surface area contributed by atoms with Crippen LogP contribution >= 0.6 is 22.9 Å². The molecule has 3 aromatic rings. The van der Waals surface area contributed by atoms with Gasteiger partial charge in [-0.2, -0.15) is 0 Å². The Bertz CT molecular complexity index is 671. The Balaban J connectivity index is 2.17. The Kier molecular flexibility index (Phi) is 3.05. The van der Waals surface area contributed by atoms with Crippen LogP contribution in [0.3, 0.4) is 0 Å². The van der Waals surface area contributed by atoms with Crippen LogP contribution in [0.25, 0.3) is 16.2 Å². The molecule has 92 valence electrons. The third-order valence-corrected chi connectivity index (χ3v) is 3.76. The summed E-state index contributed by atoms with van der Waals surface area (Å²) in [5, 5.41) is 2.73. The molecule has 0 spiro atoms. The van der Waals surface area contributed by atoms with Crippen LogP contribution in [0.2, 0.25) is 5.02 Å². The first-order valence-corrected chi connectivity index (χ1v) is 6.69. The predicted octanol–water partition coefficient (Wildman–Crippen LogP) is 2.68. The molecule has 3 rings (SSSR count). The van der Waals surface area contributed by atoms with E-state index in [4.69, 9.17) is 17.4 Å². The first-order valence-electron chi connectivity index (χ1n) is 5.43. The number of fused-ring (bicyclic) bond motifs is 1. The second-order valence-corrected chi connectivity index (χ2v) is 5.16. The van der Waals surface area contributed by atoms with Gasteiger partial charge in [-0.25, -0.2) is 4.98 Å². The highest BCUT2D eigenvalue weighted by atomic mass is 35.5. The lowest BCUT2D eigenvalue weighted by atomic mass is 10.1. The smallest absolute Gasteiger partial charge is 0.194 e. The second-order valence-electron chi connectivity index (χ2n) is 3.85. The van der Waals surface area contributed by atoms with Crippen LogP contribution < -0.4 is 11.3 Å². The van der Waals surface area contributed by atoms with E-state index in [9.17, 15) is 0 Å². The average molecular weight is 279 g/mol. The van der Waals surface area contributed by atoms with Crippen molar-refractivity contribution in [3.05, 3.63) is 46.6 Å². The first kappa shape index (κ1) is 11.7. The van der Waals surface area contributed by atoms with Crippen LogP contribution in [-0.2, 0) is 6.54 Å². The number of imidazole rings is 1. The molecule has 1 aromatic carbocycles. The van der Waals surface area contributed by atoms with Gasteiger partial charge in [0.25, 0.3) is 0 Å². The van der Waals surface area contributed by atoms with Gasteiger partial charge in [0.2, 0.25) is 0 Å². The number of thiazole rings is 1. The summed E-state index contributed by atoms with van der Waals surface area (Å²) in [6.45, 7) is 0.565. The van der Waals surface area contributed by atoms with Crippen molar-refractivity contribution in [2.75, 3.05) is 0 Å². The SMILES string of the molecule is NNCc1c(-c2ccc(Cl)cc2)nc2sccn12. The van der Waals surface area contributed by atoms with Gasteiger partial charge in [0.15, 0.2) is 4.96 Å². The third kappa shape index (κ3) is 1.91. The van der Waals surface area contributed by atoms with Crippen LogP contribution in [0.5, 0.6) is 0 Å². The van der Waals surface area contributed by atoms with E-state index in [-0.39, 0.29) is 0 Å². The molecule has 0 saturated carbocycles. The minimum atomic E-state index is 0.565. The lowest BCUT2D eigenvalue weighted by Gasteiger charge is -2.03. The normalized spacial score (nSPS) is 11.2. The Morgan fingerprint density at radius 2 is 2.11 bits per heavy atom. The fraction of sp³-hybridized carbons (Fsp3) is 0.0833. The quantitative estimate of drug-likeness (QED) is 0.572. The van der Waals surface area contributed by atoms with E-state index < -0.39 is 0 Å². The van der Waals surface area contributed by atoms with Crippen LogP contribution in [-0.4, -0.2) is 9.38 Å². The first-order chi connectivity index (χ1) is 8.79. The number of nitrogens with one attached hydrogen (secondary N) is 1. The summed E-state index contributed by atoms with van der Waals surface area (Å²) < 4.78 is 2.05. The summed E-state index contributed by atoms with van der Waals surface area (Å²) in [6.07, 6.45) is 2.00. The molecule has 0 atom stereocenters. The number of aromatic nitrogens is 2. The van der Waals surface area contributed by atoms with Gasteiger partial charge in [-0.3, -0.25) is 15.7 Å². The summed E-state index contributed by atoms with van der Waals surface area (Å²) >= 11 is 7.50. The van der Waals surface area contributed by atoms with E-state index in [1.807, 2.05) is 35.8 Å². The van der Waals surface area contributed by atoms with Crippen molar-refractivity contribution in [2.45, 2.75) is 6.54 Å². The number of nitrogens with two attached hydrogens (primary N) is 1. The zero-order valence-electron chi connectivity index (χ0n) is 9.43. The number of nitrogens with zero attached hydrogens (tertiary/aromatic N) is 2. The fourth-order valence-corrected chi connectivity index (χ4v) is 2.80. The van der Waals surface area contributed by atoms with Crippen LogP contribution in [0.15, 0.2) is 35.8 Å². The molecule has 0 aliphatic heterocycles.